The van der Waals surface area contributed by atoms with Gasteiger partial charge in [-0.15, -0.1) is 0 Å². The van der Waals surface area contributed by atoms with Gasteiger partial charge in [-0.25, -0.2) is 0 Å². The van der Waals surface area contributed by atoms with E-state index in [0.29, 0.717) is 48.7 Å². The predicted octanol–water partition coefficient (Wildman–Crippen LogP) is 5.84. The molecule has 0 unspecified atom stereocenters. The topological polar surface area (TPSA) is 88.7 Å². The molecule has 4 aromatic carbocycles. The molecule has 0 fully saturated rings. The molecule has 0 bridgehead atoms. The molecule has 39 heavy (non-hydrogen) atoms. The van der Waals surface area contributed by atoms with Gasteiger partial charge in [-0.1, -0.05) is 54.6 Å². The van der Waals surface area contributed by atoms with Crippen molar-refractivity contribution in [3.63, 3.8) is 0 Å². The molecule has 0 aliphatic carbocycles. The number of hydrogen-bond donors (Lipinski definition) is 3. The number of ether oxygens (including phenoxy) is 2. The number of amides is 2. The van der Waals surface area contributed by atoms with Crippen LogP contribution in [0.25, 0.3) is 0 Å². The lowest BCUT2D eigenvalue weighted by molar-refractivity contribution is -0.116. The second-order valence-electron chi connectivity index (χ2n) is 8.56. The molecule has 198 valence electrons. The zero-order valence-electron chi connectivity index (χ0n) is 21.3. The Bertz CT molecular complexity index is 1380. The molecular formula is C31H29N3O4S. The maximum atomic E-state index is 12.7. The Hall–Kier alpha value is -4.69. The number of hydrogen-bond acceptors (Lipinski definition) is 5. The Morgan fingerprint density at radius 1 is 0.667 bits per heavy atom. The third kappa shape index (κ3) is 9.28. The first-order valence-corrected chi connectivity index (χ1v) is 12.9. The maximum absolute atomic E-state index is 12.7. The lowest BCUT2D eigenvalue weighted by Gasteiger charge is -2.12. The lowest BCUT2D eigenvalue weighted by Crippen LogP contribution is -2.34. The number of thiocarbonyl (C=S) groups is 1. The van der Waals surface area contributed by atoms with Crippen LogP contribution in [0.2, 0.25) is 0 Å². The number of benzene rings is 4. The Morgan fingerprint density at radius 3 is 1.95 bits per heavy atom. The Kier molecular flexibility index (Phi) is 10.0. The Balaban J connectivity index is 1.19. The van der Waals surface area contributed by atoms with Crippen molar-refractivity contribution in [3.05, 3.63) is 120 Å². The molecule has 0 atom stereocenters. The van der Waals surface area contributed by atoms with E-state index >= 15 is 0 Å². The third-order valence-electron chi connectivity index (χ3n) is 5.60. The Labute approximate surface area is 233 Å². The number of aryl methyl sites for hydroxylation is 1. The van der Waals surface area contributed by atoms with Gasteiger partial charge in [-0.05, 0) is 78.8 Å². The van der Waals surface area contributed by atoms with E-state index in [1.807, 2.05) is 60.7 Å². The first-order valence-electron chi connectivity index (χ1n) is 12.5. The van der Waals surface area contributed by atoms with Crippen molar-refractivity contribution < 1.29 is 19.1 Å². The molecule has 0 saturated heterocycles. The van der Waals surface area contributed by atoms with Crippen molar-refractivity contribution in [3.8, 4) is 11.5 Å². The van der Waals surface area contributed by atoms with Gasteiger partial charge in [0.25, 0.3) is 5.91 Å². The van der Waals surface area contributed by atoms with Gasteiger partial charge in [0.1, 0.15) is 24.7 Å². The number of para-hydroxylation sites is 1. The summed E-state index contributed by atoms with van der Waals surface area (Å²) >= 11 is 5.30. The van der Waals surface area contributed by atoms with Crippen LogP contribution in [-0.2, 0) is 11.2 Å². The van der Waals surface area contributed by atoms with Crippen LogP contribution in [0, 0.1) is 0 Å². The fraction of sp³-hybridized carbons (Fsp3) is 0.129. The third-order valence-corrected chi connectivity index (χ3v) is 5.80. The van der Waals surface area contributed by atoms with E-state index in [4.69, 9.17) is 21.7 Å². The van der Waals surface area contributed by atoms with Crippen LogP contribution >= 0.6 is 12.2 Å². The number of carbonyl (C=O) groups excluding carboxylic acids is 2. The predicted molar refractivity (Wildman–Crippen MR) is 157 cm³/mol. The van der Waals surface area contributed by atoms with E-state index in [0.717, 1.165) is 11.3 Å². The van der Waals surface area contributed by atoms with Crippen molar-refractivity contribution in [2.45, 2.75) is 12.8 Å². The summed E-state index contributed by atoms with van der Waals surface area (Å²) in [7, 11) is 0. The minimum atomic E-state index is -0.360. The first-order chi connectivity index (χ1) is 19.0. The van der Waals surface area contributed by atoms with Gasteiger partial charge in [0.15, 0.2) is 5.11 Å². The fourth-order valence-corrected chi connectivity index (χ4v) is 3.87. The summed E-state index contributed by atoms with van der Waals surface area (Å²) in [5, 5.41) is 8.70. The van der Waals surface area contributed by atoms with Crippen molar-refractivity contribution in [2.75, 3.05) is 23.8 Å². The molecule has 2 amide bonds. The van der Waals surface area contributed by atoms with Crippen LogP contribution in [0.3, 0.4) is 0 Å². The van der Waals surface area contributed by atoms with Gasteiger partial charge in [0.05, 0.1) is 0 Å². The summed E-state index contributed by atoms with van der Waals surface area (Å²) in [6.45, 7) is 0.716. The van der Waals surface area contributed by atoms with Crippen LogP contribution in [-0.4, -0.2) is 30.1 Å². The van der Waals surface area contributed by atoms with Gasteiger partial charge >= 0.3 is 0 Å². The molecule has 0 saturated carbocycles. The van der Waals surface area contributed by atoms with E-state index in [2.05, 4.69) is 16.0 Å². The summed E-state index contributed by atoms with van der Waals surface area (Å²) in [6, 6.07) is 33.3. The number of rotatable bonds is 11. The SMILES string of the molecule is O=C(CCc1ccccc1)Nc1ccc(NC(=S)NC(=O)c2cccc(OCCOc3ccccc3)c2)cc1. The van der Waals surface area contributed by atoms with Crippen LogP contribution < -0.4 is 25.4 Å². The largest absolute Gasteiger partial charge is 0.490 e. The normalized spacial score (nSPS) is 10.3. The van der Waals surface area contributed by atoms with Gasteiger partial charge in [0.2, 0.25) is 5.91 Å². The first kappa shape index (κ1) is 27.3. The molecule has 0 spiro atoms. The highest BCUT2D eigenvalue weighted by molar-refractivity contribution is 7.80. The van der Waals surface area contributed by atoms with Gasteiger partial charge in [0, 0.05) is 23.4 Å². The molecule has 0 aliphatic heterocycles. The molecule has 0 aliphatic rings. The molecule has 4 rings (SSSR count). The van der Waals surface area contributed by atoms with Crippen molar-refractivity contribution in [2.24, 2.45) is 0 Å². The van der Waals surface area contributed by atoms with Crippen molar-refractivity contribution >= 4 is 40.5 Å². The quantitative estimate of drug-likeness (QED) is 0.164. The van der Waals surface area contributed by atoms with Gasteiger partial charge in [-0.2, -0.15) is 0 Å². The van der Waals surface area contributed by atoms with E-state index in [1.165, 1.54) is 0 Å². The second-order valence-corrected chi connectivity index (χ2v) is 8.97. The van der Waals surface area contributed by atoms with Crippen molar-refractivity contribution in [1.82, 2.24) is 5.32 Å². The molecule has 0 aromatic heterocycles. The smallest absolute Gasteiger partial charge is 0.257 e. The van der Waals surface area contributed by atoms with Crippen LogP contribution in [0.5, 0.6) is 11.5 Å². The van der Waals surface area contributed by atoms with Gasteiger partial charge in [-0.3, -0.25) is 14.9 Å². The zero-order valence-corrected chi connectivity index (χ0v) is 22.1. The van der Waals surface area contributed by atoms with E-state index < -0.39 is 0 Å². The molecule has 0 heterocycles. The average molecular weight is 540 g/mol. The summed E-state index contributed by atoms with van der Waals surface area (Å²) in [5.74, 6) is 0.908. The summed E-state index contributed by atoms with van der Waals surface area (Å²) < 4.78 is 11.3. The van der Waals surface area contributed by atoms with Crippen LogP contribution in [0.15, 0.2) is 109 Å². The number of nitrogens with one attached hydrogen (secondary N) is 3. The summed E-state index contributed by atoms with van der Waals surface area (Å²) in [6.07, 6.45) is 1.08. The molecule has 0 radical (unpaired) electrons. The Morgan fingerprint density at radius 2 is 1.26 bits per heavy atom. The molecular weight excluding hydrogens is 510 g/mol. The van der Waals surface area contributed by atoms with Gasteiger partial charge < -0.3 is 20.1 Å². The maximum Gasteiger partial charge on any atom is 0.257 e. The second kappa shape index (κ2) is 14.3. The van der Waals surface area contributed by atoms with E-state index in [9.17, 15) is 9.59 Å². The zero-order chi connectivity index (χ0) is 27.3. The molecule has 3 N–H and O–H groups in total. The lowest BCUT2D eigenvalue weighted by atomic mass is 10.1. The minimum Gasteiger partial charge on any atom is -0.490 e. The van der Waals surface area contributed by atoms with Crippen molar-refractivity contribution in [1.29, 1.82) is 0 Å². The fourth-order valence-electron chi connectivity index (χ4n) is 3.66. The standard InChI is InChI=1S/C31H29N3O4S/c35-29(19-14-23-8-3-1-4-9-23)32-25-15-17-26(18-16-25)33-31(39)34-30(36)24-10-7-13-28(22-24)38-21-20-37-27-11-5-2-6-12-27/h1-13,15-18,22H,14,19-21H2,(H,32,35)(H2,33,34,36,39). The van der Waals surface area contributed by atoms with Crippen LogP contribution in [0.4, 0.5) is 11.4 Å². The monoisotopic (exact) mass is 539 g/mol. The van der Waals surface area contributed by atoms with E-state index in [-0.39, 0.29) is 16.9 Å². The summed E-state index contributed by atoms with van der Waals surface area (Å²) in [5.41, 5.74) is 2.89. The number of anilines is 2. The minimum absolute atomic E-state index is 0.0581. The highest BCUT2D eigenvalue weighted by atomic mass is 32.1. The average Bonchev–Trinajstić information content (AvgIpc) is 2.96. The molecule has 4 aromatic rings. The number of carbonyl (C=O) groups is 2. The highest BCUT2D eigenvalue weighted by Gasteiger charge is 2.10. The summed E-state index contributed by atoms with van der Waals surface area (Å²) in [4.78, 5) is 24.9. The van der Waals surface area contributed by atoms with E-state index in [1.54, 1.807) is 48.5 Å². The van der Waals surface area contributed by atoms with Crippen LogP contribution in [0.1, 0.15) is 22.3 Å². The molecule has 7 nitrogen and oxygen atoms in total. The highest BCUT2D eigenvalue weighted by Crippen LogP contribution is 2.16. The molecule has 8 heteroatoms.